The molecular formula is C26H30N4O6. The van der Waals surface area contributed by atoms with Crippen molar-refractivity contribution >= 4 is 11.9 Å². The van der Waals surface area contributed by atoms with E-state index in [1.54, 1.807) is 12.1 Å². The maximum absolute atomic E-state index is 10.2. The van der Waals surface area contributed by atoms with E-state index in [0.717, 1.165) is 22.8 Å². The highest BCUT2D eigenvalue weighted by molar-refractivity contribution is 5.88. The quantitative estimate of drug-likeness (QED) is 0.379. The Balaban J connectivity index is 0. The summed E-state index contributed by atoms with van der Waals surface area (Å²) in [5, 5.41) is 48.9. The van der Waals surface area contributed by atoms with Gasteiger partial charge in [0.05, 0.1) is 46.0 Å². The van der Waals surface area contributed by atoms with E-state index in [4.69, 9.17) is 30.9 Å². The molecule has 0 atom stereocenters. The summed E-state index contributed by atoms with van der Waals surface area (Å²) in [5.41, 5.74) is 4.48. The van der Waals surface area contributed by atoms with Gasteiger partial charge in [-0.1, -0.05) is 0 Å². The number of rotatable bonds is 2. The van der Waals surface area contributed by atoms with Crippen LogP contribution in [0.2, 0.25) is 0 Å². The summed E-state index contributed by atoms with van der Waals surface area (Å²) in [4.78, 5) is 29.1. The minimum absolute atomic E-state index is 0.0741. The summed E-state index contributed by atoms with van der Waals surface area (Å²) in [5.74, 6) is -1.82. The summed E-state index contributed by atoms with van der Waals surface area (Å²) < 4.78 is 0. The lowest BCUT2D eigenvalue weighted by Crippen LogP contribution is -1.97. The highest BCUT2D eigenvalue weighted by Crippen LogP contribution is 2.09. The molecule has 0 unspecified atom stereocenters. The number of nitriles is 2. The second-order valence-corrected chi connectivity index (χ2v) is 6.72. The van der Waals surface area contributed by atoms with Crippen LogP contribution in [0.3, 0.4) is 0 Å². The van der Waals surface area contributed by atoms with E-state index in [2.05, 4.69) is 9.97 Å². The first kappa shape index (κ1) is 33.2. The first-order valence-electron chi connectivity index (χ1n) is 10.3. The van der Waals surface area contributed by atoms with Crippen molar-refractivity contribution in [1.82, 2.24) is 9.97 Å². The summed E-state index contributed by atoms with van der Waals surface area (Å²) in [7, 11) is 0. The maximum Gasteiger partial charge on any atom is 0.335 e. The maximum atomic E-state index is 10.2. The zero-order valence-electron chi connectivity index (χ0n) is 21.0. The van der Waals surface area contributed by atoms with E-state index in [1.807, 2.05) is 27.7 Å². The molecule has 3 rings (SSSR count). The van der Waals surface area contributed by atoms with Crippen LogP contribution in [0.25, 0.3) is 0 Å². The highest BCUT2D eigenvalue weighted by Gasteiger charge is 2.00. The number of phenols is 2. The zero-order valence-corrected chi connectivity index (χ0v) is 21.0. The van der Waals surface area contributed by atoms with E-state index < -0.39 is 11.9 Å². The number of aromatic carboxylic acids is 2. The average Bonchev–Trinajstić information content (AvgIpc) is 2.80. The standard InChI is InChI=1S/C8H12N2.2C7H6O3.2C2H3N/c1-5-6(2)10-8(4)7(3)9-5;2*8-6-3-1-5(2-4-6)7(9)10;2*1-2-3/h1-4H3;2*1-4,8H,(H,9,10);2*1H3. The van der Waals surface area contributed by atoms with Gasteiger partial charge in [0.1, 0.15) is 11.5 Å². The van der Waals surface area contributed by atoms with Crippen molar-refractivity contribution in [3.63, 3.8) is 0 Å². The number of carboxylic acid groups (broad SMARTS) is 2. The normalized spacial score (nSPS) is 8.33. The van der Waals surface area contributed by atoms with Gasteiger partial charge in [-0.05, 0) is 76.2 Å². The van der Waals surface area contributed by atoms with Gasteiger partial charge in [0.15, 0.2) is 0 Å². The van der Waals surface area contributed by atoms with Crippen LogP contribution < -0.4 is 0 Å². The van der Waals surface area contributed by atoms with E-state index >= 15 is 0 Å². The highest BCUT2D eigenvalue weighted by atomic mass is 16.4. The number of aromatic hydroxyl groups is 2. The summed E-state index contributed by atoms with van der Waals surface area (Å²) in [6.45, 7) is 10.8. The number of aromatic nitrogens is 2. The third-order valence-corrected chi connectivity index (χ3v) is 3.95. The largest absolute Gasteiger partial charge is 0.508 e. The first-order chi connectivity index (χ1) is 16.8. The van der Waals surface area contributed by atoms with E-state index in [-0.39, 0.29) is 22.6 Å². The van der Waals surface area contributed by atoms with Gasteiger partial charge in [0.2, 0.25) is 0 Å². The number of carbonyl (C=O) groups is 2. The molecule has 190 valence electrons. The van der Waals surface area contributed by atoms with Crippen molar-refractivity contribution in [2.75, 3.05) is 0 Å². The Morgan fingerprint density at radius 2 is 0.806 bits per heavy atom. The van der Waals surface area contributed by atoms with Crippen molar-refractivity contribution in [3.8, 4) is 23.6 Å². The number of carboxylic acids is 2. The zero-order chi connectivity index (χ0) is 28.3. The fourth-order valence-electron chi connectivity index (χ4n) is 2.03. The van der Waals surface area contributed by atoms with E-state index in [1.165, 1.54) is 62.4 Å². The van der Waals surface area contributed by atoms with E-state index in [9.17, 15) is 9.59 Å². The molecule has 10 heteroatoms. The molecule has 0 radical (unpaired) electrons. The van der Waals surface area contributed by atoms with Gasteiger partial charge in [-0.2, -0.15) is 10.5 Å². The predicted octanol–water partition coefficient (Wildman–Crippen LogP) is 4.95. The molecule has 1 heterocycles. The molecule has 36 heavy (non-hydrogen) atoms. The van der Waals surface area contributed by atoms with Crippen molar-refractivity contribution < 1.29 is 30.0 Å². The number of phenolic OH excluding ortho intramolecular Hbond substituents is 2. The molecule has 2 aromatic carbocycles. The van der Waals surface area contributed by atoms with Gasteiger partial charge >= 0.3 is 11.9 Å². The minimum atomic E-state index is -0.986. The fourth-order valence-corrected chi connectivity index (χ4v) is 2.03. The second kappa shape index (κ2) is 18.5. The Morgan fingerprint density at radius 3 is 0.972 bits per heavy atom. The fraction of sp³-hybridized carbons (Fsp3) is 0.231. The van der Waals surface area contributed by atoms with Crippen LogP contribution in [0.5, 0.6) is 11.5 Å². The topological polar surface area (TPSA) is 188 Å². The SMILES string of the molecule is CC#N.CC#N.Cc1nc(C)c(C)nc1C.O=C(O)c1ccc(O)cc1.O=C(O)c1ccc(O)cc1. The molecule has 0 aliphatic heterocycles. The molecule has 0 saturated carbocycles. The molecule has 0 saturated heterocycles. The van der Waals surface area contributed by atoms with Crippen molar-refractivity contribution in [3.05, 3.63) is 82.4 Å². The molecule has 0 aliphatic carbocycles. The number of hydrogen-bond donors (Lipinski definition) is 4. The minimum Gasteiger partial charge on any atom is -0.508 e. The molecule has 0 bridgehead atoms. The lowest BCUT2D eigenvalue weighted by molar-refractivity contribution is 0.0686. The molecule has 3 aromatic rings. The van der Waals surface area contributed by atoms with Gasteiger partial charge in [0.25, 0.3) is 0 Å². The van der Waals surface area contributed by atoms with Gasteiger partial charge in [0, 0.05) is 13.8 Å². The van der Waals surface area contributed by atoms with Crippen LogP contribution in [0.1, 0.15) is 57.3 Å². The van der Waals surface area contributed by atoms with E-state index in [0.29, 0.717) is 0 Å². The lowest BCUT2D eigenvalue weighted by atomic mass is 10.2. The lowest BCUT2D eigenvalue weighted by Gasteiger charge is -2.01. The number of aryl methyl sites for hydroxylation is 4. The first-order valence-corrected chi connectivity index (χ1v) is 10.3. The molecule has 4 N–H and O–H groups in total. The molecule has 0 spiro atoms. The molecule has 0 amide bonds. The third-order valence-electron chi connectivity index (χ3n) is 3.95. The molecular weight excluding hydrogens is 464 g/mol. The van der Waals surface area contributed by atoms with Crippen LogP contribution in [0, 0.1) is 50.4 Å². The number of hydrogen-bond acceptors (Lipinski definition) is 8. The van der Waals surface area contributed by atoms with Crippen LogP contribution in [0.15, 0.2) is 48.5 Å². The monoisotopic (exact) mass is 494 g/mol. The smallest absolute Gasteiger partial charge is 0.335 e. The van der Waals surface area contributed by atoms with Crippen molar-refractivity contribution in [1.29, 1.82) is 10.5 Å². The number of benzene rings is 2. The van der Waals surface area contributed by atoms with Crippen molar-refractivity contribution in [2.45, 2.75) is 41.5 Å². The Kier molecular flexibility index (Phi) is 17.0. The molecule has 0 fully saturated rings. The Morgan fingerprint density at radius 1 is 0.611 bits per heavy atom. The Hall–Kier alpha value is -4.96. The van der Waals surface area contributed by atoms with Crippen molar-refractivity contribution in [2.24, 2.45) is 0 Å². The van der Waals surface area contributed by atoms with Crippen LogP contribution in [-0.2, 0) is 0 Å². The predicted molar refractivity (Wildman–Crippen MR) is 134 cm³/mol. The Bertz CT molecular complexity index is 1060. The molecule has 10 nitrogen and oxygen atoms in total. The van der Waals surface area contributed by atoms with Crippen LogP contribution >= 0.6 is 0 Å². The third kappa shape index (κ3) is 15.0. The van der Waals surface area contributed by atoms with Gasteiger partial charge in [-0.3, -0.25) is 9.97 Å². The summed E-state index contributed by atoms with van der Waals surface area (Å²) in [6.07, 6.45) is 0. The summed E-state index contributed by atoms with van der Waals surface area (Å²) in [6, 6.07) is 14.2. The number of nitrogens with zero attached hydrogens (tertiary/aromatic N) is 4. The van der Waals surface area contributed by atoms with Crippen LogP contribution in [0.4, 0.5) is 0 Å². The Labute approximate surface area is 210 Å². The van der Waals surface area contributed by atoms with Gasteiger partial charge < -0.3 is 20.4 Å². The summed E-state index contributed by atoms with van der Waals surface area (Å²) >= 11 is 0. The van der Waals surface area contributed by atoms with Gasteiger partial charge in [-0.25, -0.2) is 9.59 Å². The van der Waals surface area contributed by atoms with Crippen LogP contribution in [-0.4, -0.2) is 42.3 Å². The van der Waals surface area contributed by atoms with Gasteiger partial charge in [-0.15, -0.1) is 0 Å². The second-order valence-electron chi connectivity index (χ2n) is 6.72. The average molecular weight is 495 g/mol. The molecule has 1 aromatic heterocycles. The molecule has 0 aliphatic rings.